The minimum Gasteiger partial charge on any atom is -0.481 e. The first-order chi connectivity index (χ1) is 8.97. The summed E-state index contributed by atoms with van der Waals surface area (Å²) in [6.45, 7) is 3.79. The van der Waals surface area contributed by atoms with E-state index in [-0.39, 0.29) is 18.4 Å². The number of carboxylic acids is 1. The number of carbonyl (C=O) groups excluding carboxylic acids is 1. The van der Waals surface area contributed by atoms with Crippen molar-refractivity contribution in [2.24, 2.45) is 17.8 Å². The van der Waals surface area contributed by atoms with E-state index in [1.54, 1.807) is 6.92 Å². The molecule has 1 saturated carbocycles. The predicted molar refractivity (Wildman–Crippen MR) is 63.9 cm³/mol. The normalized spacial score (nSPS) is 26.3. The maximum Gasteiger partial charge on any atom is 0.307 e. The number of carboxylic acid groups (broad SMARTS) is 1. The van der Waals surface area contributed by atoms with Gasteiger partial charge in [-0.15, -0.1) is 0 Å². The number of hydrogen-bond acceptors (Lipinski definition) is 5. The molecule has 1 aliphatic rings. The first-order valence-corrected chi connectivity index (χ1v) is 6.27. The molecule has 3 atom stereocenters. The Hall–Kier alpha value is -1.92. The van der Waals surface area contributed by atoms with Gasteiger partial charge in [-0.2, -0.15) is 4.98 Å². The third-order valence-electron chi connectivity index (χ3n) is 3.44. The maximum absolute atomic E-state index is 12.0. The van der Waals surface area contributed by atoms with Crippen molar-refractivity contribution in [1.82, 2.24) is 15.5 Å². The first-order valence-electron chi connectivity index (χ1n) is 6.27. The van der Waals surface area contributed by atoms with Gasteiger partial charge < -0.3 is 14.9 Å². The average molecular weight is 267 g/mol. The van der Waals surface area contributed by atoms with Gasteiger partial charge in [0.2, 0.25) is 11.8 Å². The molecule has 0 bridgehead atoms. The van der Waals surface area contributed by atoms with Crippen molar-refractivity contribution in [3.63, 3.8) is 0 Å². The summed E-state index contributed by atoms with van der Waals surface area (Å²) in [6.07, 6.45) is 1.16. The Labute approximate surface area is 110 Å². The lowest BCUT2D eigenvalue weighted by Crippen LogP contribution is -2.35. The van der Waals surface area contributed by atoms with Crippen LogP contribution in [-0.2, 0) is 16.1 Å². The molecule has 0 aromatic carbocycles. The van der Waals surface area contributed by atoms with E-state index >= 15 is 0 Å². The minimum absolute atomic E-state index is 0.160. The molecule has 1 unspecified atom stereocenters. The van der Waals surface area contributed by atoms with Crippen LogP contribution < -0.4 is 5.32 Å². The summed E-state index contributed by atoms with van der Waals surface area (Å²) in [4.78, 5) is 27.1. The number of carbonyl (C=O) groups is 2. The van der Waals surface area contributed by atoms with Crippen LogP contribution in [0.4, 0.5) is 0 Å². The van der Waals surface area contributed by atoms with Gasteiger partial charge >= 0.3 is 5.97 Å². The Kier molecular flexibility index (Phi) is 3.82. The highest BCUT2D eigenvalue weighted by atomic mass is 16.5. The van der Waals surface area contributed by atoms with E-state index < -0.39 is 17.8 Å². The lowest BCUT2D eigenvalue weighted by Gasteiger charge is -2.14. The van der Waals surface area contributed by atoms with Crippen LogP contribution in [0.3, 0.4) is 0 Å². The van der Waals surface area contributed by atoms with E-state index in [1.807, 2.05) is 6.92 Å². The summed E-state index contributed by atoms with van der Waals surface area (Å²) in [5, 5.41) is 15.5. The molecule has 1 aromatic rings. The molecule has 1 aromatic heterocycles. The number of aromatic nitrogens is 2. The number of aliphatic carboxylic acids is 1. The summed E-state index contributed by atoms with van der Waals surface area (Å²) in [5.74, 6) is -1.14. The predicted octanol–water partition coefficient (Wildman–Crippen LogP) is 0.741. The fourth-order valence-corrected chi connectivity index (χ4v) is 2.56. The second kappa shape index (κ2) is 5.38. The van der Waals surface area contributed by atoms with Crippen LogP contribution in [0, 0.1) is 24.7 Å². The minimum atomic E-state index is -0.903. The molecule has 0 spiro atoms. The van der Waals surface area contributed by atoms with Gasteiger partial charge in [-0.1, -0.05) is 12.1 Å². The molecule has 104 valence electrons. The van der Waals surface area contributed by atoms with Crippen LogP contribution in [0.15, 0.2) is 4.52 Å². The highest BCUT2D eigenvalue weighted by Crippen LogP contribution is 2.36. The number of hydrogen-bond donors (Lipinski definition) is 2. The SMILES string of the molecule is Cc1nc(CNC(=O)[C@H]2CC(C)C[C@H]2C(=O)O)no1. The van der Waals surface area contributed by atoms with Gasteiger partial charge in [-0.25, -0.2) is 0 Å². The number of rotatable bonds is 4. The summed E-state index contributed by atoms with van der Waals surface area (Å²) in [6, 6.07) is 0. The molecule has 1 fully saturated rings. The van der Waals surface area contributed by atoms with Gasteiger partial charge in [-0.05, 0) is 18.8 Å². The van der Waals surface area contributed by atoms with Crippen LogP contribution in [0.25, 0.3) is 0 Å². The van der Waals surface area contributed by atoms with E-state index in [4.69, 9.17) is 9.63 Å². The Balaban J connectivity index is 1.93. The smallest absolute Gasteiger partial charge is 0.307 e. The quantitative estimate of drug-likeness (QED) is 0.833. The van der Waals surface area contributed by atoms with Crippen LogP contribution in [-0.4, -0.2) is 27.1 Å². The van der Waals surface area contributed by atoms with Gasteiger partial charge in [0.25, 0.3) is 0 Å². The Morgan fingerprint density at radius 1 is 1.42 bits per heavy atom. The van der Waals surface area contributed by atoms with Gasteiger partial charge in [-0.3, -0.25) is 9.59 Å². The second-order valence-electron chi connectivity index (χ2n) is 5.08. The average Bonchev–Trinajstić information content (AvgIpc) is 2.92. The lowest BCUT2D eigenvalue weighted by atomic mass is 9.95. The Morgan fingerprint density at radius 2 is 2.11 bits per heavy atom. The third kappa shape index (κ3) is 3.10. The molecule has 7 heteroatoms. The molecule has 2 N–H and O–H groups in total. The third-order valence-corrected chi connectivity index (χ3v) is 3.44. The van der Waals surface area contributed by atoms with Crippen molar-refractivity contribution in [3.8, 4) is 0 Å². The summed E-state index contributed by atoms with van der Waals surface area (Å²) < 4.78 is 4.79. The highest BCUT2D eigenvalue weighted by Gasteiger charge is 2.41. The second-order valence-corrected chi connectivity index (χ2v) is 5.08. The summed E-state index contributed by atoms with van der Waals surface area (Å²) >= 11 is 0. The molecule has 1 aliphatic carbocycles. The fourth-order valence-electron chi connectivity index (χ4n) is 2.56. The van der Waals surface area contributed by atoms with Crippen LogP contribution in [0.2, 0.25) is 0 Å². The van der Waals surface area contributed by atoms with Gasteiger partial charge in [0.05, 0.1) is 18.4 Å². The summed E-state index contributed by atoms with van der Waals surface area (Å²) in [5.41, 5.74) is 0. The van der Waals surface area contributed by atoms with Gasteiger partial charge in [0.15, 0.2) is 5.82 Å². The maximum atomic E-state index is 12.0. The van der Waals surface area contributed by atoms with E-state index in [0.717, 1.165) is 0 Å². The monoisotopic (exact) mass is 267 g/mol. The van der Waals surface area contributed by atoms with Crippen molar-refractivity contribution in [2.45, 2.75) is 33.2 Å². The molecule has 7 nitrogen and oxygen atoms in total. The van der Waals surface area contributed by atoms with Crippen LogP contribution >= 0.6 is 0 Å². The Bertz CT molecular complexity index is 485. The summed E-state index contributed by atoms with van der Waals surface area (Å²) in [7, 11) is 0. The number of aryl methyl sites for hydroxylation is 1. The van der Waals surface area contributed by atoms with Gasteiger partial charge in [0, 0.05) is 6.92 Å². The molecule has 2 rings (SSSR count). The molecule has 19 heavy (non-hydrogen) atoms. The van der Waals surface area contributed by atoms with E-state index in [2.05, 4.69) is 15.5 Å². The zero-order chi connectivity index (χ0) is 14.0. The molecule has 1 amide bonds. The number of nitrogens with zero attached hydrogens (tertiary/aromatic N) is 2. The molecular formula is C12H17N3O4. The lowest BCUT2D eigenvalue weighted by molar-refractivity contribution is -0.146. The topological polar surface area (TPSA) is 105 Å². The zero-order valence-electron chi connectivity index (χ0n) is 10.9. The van der Waals surface area contributed by atoms with Crippen molar-refractivity contribution in [3.05, 3.63) is 11.7 Å². The van der Waals surface area contributed by atoms with Crippen molar-refractivity contribution in [2.75, 3.05) is 0 Å². The van der Waals surface area contributed by atoms with Crippen LogP contribution in [0.5, 0.6) is 0 Å². The van der Waals surface area contributed by atoms with Crippen molar-refractivity contribution in [1.29, 1.82) is 0 Å². The van der Waals surface area contributed by atoms with Gasteiger partial charge in [0.1, 0.15) is 0 Å². The number of nitrogens with one attached hydrogen (secondary N) is 1. The largest absolute Gasteiger partial charge is 0.481 e. The Morgan fingerprint density at radius 3 is 2.68 bits per heavy atom. The molecule has 0 radical (unpaired) electrons. The first kappa shape index (κ1) is 13.5. The molecule has 0 saturated heterocycles. The molecular weight excluding hydrogens is 250 g/mol. The molecule has 0 aliphatic heterocycles. The van der Waals surface area contributed by atoms with E-state index in [1.165, 1.54) is 0 Å². The number of amides is 1. The zero-order valence-corrected chi connectivity index (χ0v) is 10.9. The van der Waals surface area contributed by atoms with Crippen molar-refractivity contribution >= 4 is 11.9 Å². The van der Waals surface area contributed by atoms with E-state index in [9.17, 15) is 9.59 Å². The standard InChI is InChI=1S/C12H17N3O4/c1-6-3-8(9(4-6)12(17)18)11(16)13-5-10-14-7(2)19-15-10/h6,8-9H,3-5H2,1-2H3,(H,13,16)(H,17,18)/t6?,8-,9+/m0/s1. The van der Waals surface area contributed by atoms with E-state index in [0.29, 0.717) is 24.6 Å². The highest BCUT2D eigenvalue weighted by molar-refractivity contribution is 5.85. The molecule has 1 heterocycles. The van der Waals surface area contributed by atoms with Crippen molar-refractivity contribution < 1.29 is 19.2 Å². The fraction of sp³-hybridized carbons (Fsp3) is 0.667. The van der Waals surface area contributed by atoms with Crippen LogP contribution in [0.1, 0.15) is 31.5 Å².